The molecule has 15 heavy (non-hydrogen) atoms. The molecule has 0 aliphatic carbocycles. The highest BCUT2D eigenvalue weighted by atomic mass is 19.1. The topological polar surface area (TPSA) is 69.6 Å². The molecule has 3 N–H and O–H groups in total. The molecule has 0 aliphatic heterocycles. The molecule has 0 aliphatic rings. The molecule has 0 radical (unpaired) electrons. The lowest BCUT2D eigenvalue weighted by Crippen LogP contribution is -2.23. The number of aromatic hydroxyl groups is 2. The molecule has 4 nitrogen and oxygen atoms in total. The fourth-order valence-corrected chi connectivity index (χ4v) is 1.06. The monoisotopic (exact) mass is 213 g/mol. The van der Waals surface area contributed by atoms with E-state index in [0.29, 0.717) is 6.54 Å². The molecule has 0 bridgehead atoms. The van der Waals surface area contributed by atoms with Crippen LogP contribution in [-0.2, 0) is 0 Å². The minimum Gasteiger partial charge on any atom is -0.504 e. The normalized spacial score (nSPS) is 10.0. The number of hydrogen-bond donors (Lipinski definition) is 3. The van der Waals surface area contributed by atoms with Gasteiger partial charge in [0, 0.05) is 12.1 Å². The molecule has 0 aromatic heterocycles. The molecular weight excluding hydrogens is 201 g/mol. The van der Waals surface area contributed by atoms with Gasteiger partial charge in [-0.15, -0.1) is 0 Å². The van der Waals surface area contributed by atoms with Crippen molar-refractivity contribution in [1.29, 1.82) is 0 Å². The first kappa shape index (κ1) is 11.3. The van der Waals surface area contributed by atoms with Gasteiger partial charge in [0.2, 0.25) is 0 Å². The molecule has 1 rings (SSSR count). The lowest BCUT2D eigenvalue weighted by Gasteiger charge is -2.05. The number of halogens is 1. The summed E-state index contributed by atoms with van der Waals surface area (Å²) in [5.41, 5.74) is -0.0174. The number of benzene rings is 1. The predicted octanol–water partition coefficient (Wildman–Crippen LogP) is 1.38. The average molecular weight is 213 g/mol. The van der Waals surface area contributed by atoms with Crippen molar-refractivity contribution in [2.24, 2.45) is 0 Å². The summed E-state index contributed by atoms with van der Waals surface area (Å²) >= 11 is 0. The molecule has 5 heteroatoms. The van der Waals surface area contributed by atoms with E-state index in [4.69, 9.17) is 10.2 Å². The summed E-state index contributed by atoms with van der Waals surface area (Å²) < 4.78 is 12.9. The Hall–Kier alpha value is -1.78. The van der Waals surface area contributed by atoms with Crippen molar-refractivity contribution in [1.82, 2.24) is 5.32 Å². The Morgan fingerprint density at radius 1 is 1.47 bits per heavy atom. The Labute approximate surface area is 86.4 Å². The summed E-state index contributed by atoms with van der Waals surface area (Å²) in [6.07, 6.45) is 0.762. The Morgan fingerprint density at radius 2 is 2.13 bits per heavy atom. The van der Waals surface area contributed by atoms with Gasteiger partial charge < -0.3 is 15.5 Å². The van der Waals surface area contributed by atoms with Crippen LogP contribution in [0.5, 0.6) is 11.5 Å². The van der Waals surface area contributed by atoms with Gasteiger partial charge >= 0.3 is 0 Å². The van der Waals surface area contributed by atoms with E-state index in [-0.39, 0.29) is 5.56 Å². The Morgan fingerprint density at radius 3 is 2.67 bits per heavy atom. The van der Waals surface area contributed by atoms with Gasteiger partial charge in [-0.05, 0) is 18.6 Å². The summed E-state index contributed by atoms with van der Waals surface area (Å²) in [6, 6.07) is 1.89. The largest absolute Gasteiger partial charge is 0.504 e. The third kappa shape index (κ3) is 2.59. The minimum atomic E-state index is -1.02. The number of amides is 1. The molecule has 82 valence electrons. The maximum absolute atomic E-state index is 12.9. The summed E-state index contributed by atoms with van der Waals surface area (Å²) in [5, 5.41) is 20.5. The molecule has 1 aromatic rings. The molecule has 1 aromatic carbocycles. The van der Waals surface area contributed by atoms with Gasteiger partial charge in [-0.3, -0.25) is 4.79 Å². The molecule has 0 saturated carbocycles. The van der Waals surface area contributed by atoms with Gasteiger partial charge in [0.1, 0.15) is 0 Å². The highest BCUT2D eigenvalue weighted by Crippen LogP contribution is 2.28. The van der Waals surface area contributed by atoms with Crippen LogP contribution in [0.4, 0.5) is 4.39 Å². The van der Waals surface area contributed by atoms with Crippen molar-refractivity contribution in [3.63, 3.8) is 0 Å². The van der Waals surface area contributed by atoms with E-state index in [0.717, 1.165) is 18.6 Å². The summed E-state index contributed by atoms with van der Waals surface area (Å²) in [6.45, 7) is 2.36. The van der Waals surface area contributed by atoms with Crippen molar-refractivity contribution in [3.8, 4) is 11.5 Å². The lowest BCUT2D eigenvalue weighted by atomic mass is 10.2. The standard InChI is InChI=1S/C10H12FNO3/c1-2-3-12-10(15)6-4-7(11)9(14)8(13)5-6/h4-5,13-14H,2-3H2,1H3,(H,12,15). The fraction of sp³-hybridized carbons (Fsp3) is 0.300. The SMILES string of the molecule is CCCNC(=O)c1cc(O)c(O)c(F)c1. The second kappa shape index (κ2) is 4.63. The van der Waals surface area contributed by atoms with Crippen LogP contribution in [0, 0.1) is 5.82 Å². The zero-order chi connectivity index (χ0) is 11.4. The van der Waals surface area contributed by atoms with E-state index in [9.17, 15) is 9.18 Å². The van der Waals surface area contributed by atoms with Crippen LogP contribution in [0.25, 0.3) is 0 Å². The van der Waals surface area contributed by atoms with Crippen molar-refractivity contribution in [3.05, 3.63) is 23.5 Å². The second-order valence-electron chi connectivity index (χ2n) is 3.08. The van der Waals surface area contributed by atoms with E-state index in [2.05, 4.69) is 5.32 Å². The fourth-order valence-electron chi connectivity index (χ4n) is 1.06. The number of phenols is 2. The van der Waals surface area contributed by atoms with Gasteiger partial charge in [-0.1, -0.05) is 6.92 Å². The van der Waals surface area contributed by atoms with Crippen molar-refractivity contribution < 1.29 is 19.4 Å². The third-order valence-electron chi connectivity index (χ3n) is 1.84. The van der Waals surface area contributed by atoms with E-state index in [1.165, 1.54) is 0 Å². The van der Waals surface area contributed by atoms with Crippen LogP contribution in [0.3, 0.4) is 0 Å². The quantitative estimate of drug-likeness (QED) is 0.664. The molecule has 0 heterocycles. The van der Waals surface area contributed by atoms with E-state index >= 15 is 0 Å². The van der Waals surface area contributed by atoms with Crippen LogP contribution in [-0.4, -0.2) is 22.7 Å². The van der Waals surface area contributed by atoms with Crippen LogP contribution in [0.2, 0.25) is 0 Å². The molecule has 0 spiro atoms. The maximum Gasteiger partial charge on any atom is 0.251 e. The Bertz CT molecular complexity index is 356. The molecule has 1 amide bonds. The number of hydrogen-bond acceptors (Lipinski definition) is 3. The van der Waals surface area contributed by atoms with Crippen LogP contribution in [0.15, 0.2) is 12.1 Å². The van der Waals surface area contributed by atoms with E-state index < -0.39 is 23.2 Å². The second-order valence-corrected chi connectivity index (χ2v) is 3.08. The van der Waals surface area contributed by atoms with E-state index in [1.54, 1.807) is 0 Å². The smallest absolute Gasteiger partial charge is 0.251 e. The average Bonchev–Trinajstić information content (AvgIpc) is 2.21. The minimum absolute atomic E-state index is 0.0174. The molecule has 0 saturated heterocycles. The number of phenolic OH excluding ortho intramolecular Hbond substituents is 2. The van der Waals surface area contributed by atoms with Crippen LogP contribution >= 0.6 is 0 Å². The highest BCUT2D eigenvalue weighted by Gasteiger charge is 2.13. The number of rotatable bonds is 3. The van der Waals surface area contributed by atoms with Crippen molar-refractivity contribution in [2.75, 3.05) is 6.54 Å². The Kier molecular flexibility index (Phi) is 3.49. The molecule has 0 atom stereocenters. The number of carbonyl (C=O) groups excluding carboxylic acids is 1. The van der Waals surface area contributed by atoms with Crippen molar-refractivity contribution in [2.45, 2.75) is 13.3 Å². The zero-order valence-corrected chi connectivity index (χ0v) is 8.25. The van der Waals surface area contributed by atoms with Crippen molar-refractivity contribution >= 4 is 5.91 Å². The van der Waals surface area contributed by atoms with Gasteiger partial charge in [-0.2, -0.15) is 0 Å². The van der Waals surface area contributed by atoms with Gasteiger partial charge in [0.05, 0.1) is 0 Å². The molecular formula is C10H12FNO3. The first-order chi connectivity index (χ1) is 7.06. The molecule has 0 fully saturated rings. The predicted molar refractivity (Wildman–Crippen MR) is 52.4 cm³/mol. The number of carbonyl (C=O) groups is 1. The Balaban J connectivity index is 2.91. The molecule has 0 unspecified atom stereocenters. The highest BCUT2D eigenvalue weighted by molar-refractivity contribution is 5.94. The lowest BCUT2D eigenvalue weighted by molar-refractivity contribution is 0.0952. The third-order valence-corrected chi connectivity index (χ3v) is 1.84. The first-order valence-corrected chi connectivity index (χ1v) is 4.56. The number of nitrogens with one attached hydrogen (secondary N) is 1. The maximum atomic E-state index is 12.9. The van der Waals surface area contributed by atoms with Gasteiger partial charge in [-0.25, -0.2) is 4.39 Å². The first-order valence-electron chi connectivity index (χ1n) is 4.56. The summed E-state index contributed by atoms with van der Waals surface area (Å²) in [4.78, 5) is 11.3. The van der Waals surface area contributed by atoms with Crippen LogP contribution < -0.4 is 5.32 Å². The van der Waals surface area contributed by atoms with Gasteiger partial charge in [0.25, 0.3) is 5.91 Å². The summed E-state index contributed by atoms with van der Waals surface area (Å²) in [7, 11) is 0. The van der Waals surface area contributed by atoms with E-state index in [1.807, 2.05) is 6.92 Å². The van der Waals surface area contributed by atoms with Gasteiger partial charge in [0.15, 0.2) is 17.3 Å². The zero-order valence-electron chi connectivity index (χ0n) is 8.25. The van der Waals surface area contributed by atoms with Crippen LogP contribution in [0.1, 0.15) is 23.7 Å². The summed E-state index contributed by atoms with van der Waals surface area (Å²) in [5.74, 6) is -2.98.